The van der Waals surface area contributed by atoms with Crippen LogP contribution in [0.1, 0.15) is 30.4 Å². The summed E-state index contributed by atoms with van der Waals surface area (Å²) in [6, 6.07) is 12.1. The molecule has 2 N–H and O–H groups in total. The molecule has 1 amide bonds. The number of amides is 1. The van der Waals surface area contributed by atoms with Crippen LogP contribution in [0.4, 0.5) is 24.5 Å². The highest BCUT2D eigenvalue weighted by Gasteiger charge is 2.50. The first-order chi connectivity index (χ1) is 14.6. The molecule has 0 unspecified atom stereocenters. The van der Waals surface area contributed by atoms with Crippen LogP contribution in [0.3, 0.4) is 0 Å². The Hall–Kier alpha value is -2.87. The van der Waals surface area contributed by atoms with Gasteiger partial charge >= 0.3 is 6.18 Å². The van der Waals surface area contributed by atoms with Gasteiger partial charge in [-0.2, -0.15) is 13.2 Å². The maximum atomic E-state index is 13.1. The summed E-state index contributed by atoms with van der Waals surface area (Å²) < 4.78 is 39.4. The third-order valence-corrected chi connectivity index (χ3v) is 5.28. The SMILES string of the molecule is CN(C)CC(=O)CC1(C(=O)NCc2ccc(Nc3ccccc3C(F)(F)F)cc2)CC1. The van der Waals surface area contributed by atoms with Crippen molar-refractivity contribution in [3.63, 3.8) is 0 Å². The van der Waals surface area contributed by atoms with Crippen LogP contribution in [0.2, 0.25) is 0 Å². The standard InChI is InChI=1S/C23H26F3N3O2/c1-29(2)15-18(30)13-22(11-12-22)21(31)27-14-16-7-9-17(10-8-16)28-20-6-4-3-5-19(20)23(24,25)26/h3-10,28H,11-15H2,1-2H3,(H,27,31). The minimum absolute atomic E-state index is 0.0193. The first-order valence-electron chi connectivity index (χ1n) is 10.1. The maximum absolute atomic E-state index is 13.1. The van der Waals surface area contributed by atoms with Crippen molar-refractivity contribution in [2.45, 2.75) is 32.0 Å². The van der Waals surface area contributed by atoms with Gasteiger partial charge in [0.1, 0.15) is 5.78 Å². The van der Waals surface area contributed by atoms with Crippen molar-refractivity contribution < 1.29 is 22.8 Å². The predicted octanol–water partition coefficient (Wildman–Crippen LogP) is 4.37. The molecule has 1 aliphatic rings. The molecule has 1 aliphatic carbocycles. The fraction of sp³-hybridized carbons (Fsp3) is 0.391. The molecule has 0 aromatic heterocycles. The van der Waals surface area contributed by atoms with Crippen LogP contribution in [0.5, 0.6) is 0 Å². The Morgan fingerprint density at radius 1 is 1.03 bits per heavy atom. The number of hydrogen-bond donors (Lipinski definition) is 2. The van der Waals surface area contributed by atoms with E-state index in [4.69, 9.17) is 0 Å². The van der Waals surface area contributed by atoms with Crippen LogP contribution < -0.4 is 10.6 Å². The summed E-state index contributed by atoms with van der Waals surface area (Å²) in [5.74, 6) is -0.0758. The van der Waals surface area contributed by atoms with E-state index in [0.717, 1.165) is 11.6 Å². The van der Waals surface area contributed by atoms with Crippen molar-refractivity contribution in [3.05, 3.63) is 59.7 Å². The lowest BCUT2D eigenvalue weighted by molar-refractivity contribution is -0.137. The van der Waals surface area contributed by atoms with E-state index in [1.807, 2.05) is 14.1 Å². The molecule has 31 heavy (non-hydrogen) atoms. The number of likely N-dealkylation sites (N-methyl/N-ethyl adjacent to an activating group) is 1. The average molecular weight is 433 g/mol. The quantitative estimate of drug-likeness (QED) is 0.617. The molecule has 166 valence electrons. The number of anilines is 2. The molecule has 0 bridgehead atoms. The third kappa shape index (κ3) is 6.07. The zero-order valence-corrected chi connectivity index (χ0v) is 17.6. The van der Waals surface area contributed by atoms with Crippen molar-refractivity contribution in [1.29, 1.82) is 0 Å². The molecular formula is C23H26F3N3O2. The lowest BCUT2D eigenvalue weighted by Gasteiger charge is -2.17. The second-order valence-corrected chi connectivity index (χ2v) is 8.28. The van der Waals surface area contributed by atoms with E-state index in [2.05, 4.69) is 10.6 Å². The number of hydrogen-bond acceptors (Lipinski definition) is 4. The second-order valence-electron chi connectivity index (χ2n) is 8.28. The molecule has 5 nitrogen and oxygen atoms in total. The molecule has 8 heteroatoms. The van der Waals surface area contributed by atoms with Crippen molar-refractivity contribution in [1.82, 2.24) is 10.2 Å². The summed E-state index contributed by atoms with van der Waals surface area (Å²) in [6.07, 6.45) is -2.78. The van der Waals surface area contributed by atoms with Gasteiger partial charge in [0.25, 0.3) is 0 Å². The fourth-order valence-electron chi connectivity index (χ4n) is 3.49. The van der Waals surface area contributed by atoms with E-state index in [1.54, 1.807) is 35.2 Å². The number of carbonyl (C=O) groups is 2. The number of nitrogens with zero attached hydrogens (tertiary/aromatic N) is 1. The zero-order valence-electron chi connectivity index (χ0n) is 17.6. The predicted molar refractivity (Wildman–Crippen MR) is 113 cm³/mol. The molecule has 1 saturated carbocycles. The zero-order chi connectivity index (χ0) is 22.6. The number of halogens is 3. The van der Waals surface area contributed by atoms with Gasteiger partial charge in [-0.3, -0.25) is 9.59 Å². The second kappa shape index (κ2) is 9.09. The number of benzene rings is 2. The van der Waals surface area contributed by atoms with Crippen LogP contribution in [-0.4, -0.2) is 37.2 Å². The van der Waals surface area contributed by atoms with Gasteiger partial charge in [-0.25, -0.2) is 0 Å². The highest BCUT2D eigenvalue weighted by atomic mass is 19.4. The van der Waals surface area contributed by atoms with E-state index in [0.29, 0.717) is 31.6 Å². The van der Waals surface area contributed by atoms with E-state index < -0.39 is 17.2 Å². The van der Waals surface area contributed by atoms with Gasteiger partial charge in [0.2, 0.25) is 5.91 Å². The first kappa shape index (κ1) is 22.8. The van der Waals surface area contributed by atoms with Gasteiger partial charge in [0.05, 0.1) is 23.2 Å². The summed E-state index contributed by atoms with van der Waals surface area (Å²) in [6.45, 7) is 0.614. The molecule has 2 aromatic rings. The molecule has 0 radical (unpaired) electrons. The van der Waals surface area contributed by atoms with Gasteiger partial charge in [-0.05, 0) is 56.8 Å². The van der Waals surface area contributed by atoms with Crippen LogP contribution in [0.15, 0.2) is 48.5 Å². The summed E-state index contributed by atoms with van der Waals surface area (Å²) in [5.41, 5.74) is -0.00671. The molecule has 0 saturated heterocycles. The van der Waals surface area contributed by atoms with E-state index in [9.17, 15) is 22.8 Å². The van der Waals surface area contributed by atoms with E-state index >= 15 is 0 Å². The van der Waals surface area contributed by atoms with Crippen LogP contribution >= 0.6 is 0 Å². The highest BCUT2D eigenvalue weighted by molar-refractivity contribution is 5.92. The number of ketones is 1. The Balaban J connectivity index is 1.56. The largest absolute Gasteiger partial charge is 0.418 e. The fourth-order valence-corrected chi connectivity index (χ4v) is 3.49. The molecule has 1 fully saturated rings. The maximum Gasteiger partial charge on any atom is 0.418 e. The van der Waals surface area contributed by atoms with Crippen LogP contribution in [-0.2, 0) is 22.3 Å². The molecule has 0 atom stereocenters. The Kier molecular flexibility index (Phi) is 6.69. The van der Waals surface area contributed by atoms with Gasteiger partial charge in [-0.15, -0.1) is 0 Å². The van der Waals surface area contributed by atoms with Gasteiger partial charge < -0.3 is 15.5 Å². The Bertz CT molecular complexity index is 936. The molecule has 0 heterocycles. The van der Waals surface area contributed by atoms with Gasteiger partial charge in [-0.1, -0.05) is 24.3 Å². The Morgan fingerprint density at radius 2 is 1.68 bits per heavy atom. The highest BCUT2D eigenvalue weighted by Crippen LogP contribution is 2.49. The normalized spacial score (nSPS) is 14.9. The monoisotopic (exact) mass is 433 g/mol. The molecule has 0 spiro atoms. The minimum atomic E-state index is -4.44. The average Bonchev–Trinajstić information content (AvgIpc) is 3.46. The number of Topliss-reactive ketones (excluding diaryl/α,β-unsaturated/α-hetero) is 1. The Labute approximate surface area is 179 Å². The molecule has 0 aliphatic heterocycles. The number of rotatable bonds is 9. The van der Waals surface area contributed by atoms with Crippen molar-refractivity contribution in [3.8, 4) is 0 Å². The smallest absolute Gasteiger partial charge is 0.355 e. The van der Waals surface area contributed by atoms with Gasteiger partial charge in [0.15, 0.2) is 0 Å². The lowest BCUT2D eigenvalue weighted by atomic mass is 9.98. The number of alkyl halides is 3. The summed E-state index contributed by atoms with van der Waals surface area (Å²) >= 11 is 0. The summed E-state index contributed by atoms with van der Waals surface area (Å²) in [7, 11) is 3.63. The molecular weight excluding hydrogens is 407 g/mol. The van der Waals surface area contributed by atoms with Gasteiger partial charge in [0, 0.05) is 18.7 Å². The molecule has 3 rings (SSSR count). The number of nitrogens with one attached hydrogen (secondary N) is 2. The summed E-state index contributed by atoms with van der Waals surface area (Å²) in [5, 5.41) is 5.68. The number of para-hydroxylation sites is 1. The van der Waals surface area contributed by atoms with Crippen molar-refractivity contribution in [2.24, 2.45) is 5.41 Å². The molecule has 2 aromatic carbocycles. The van der Waals surface area contributed by atoms with Crippen LogP contribution in [0.25, 0.3) is 0 Å². The van der Waals surface area contributed by atoms with E-state index in [-0.39, 0.29) is 23.8 Å². The first-order valence-corrected chi connectivity index (χ1v) is 10.1. The lowest BCUT2D eigenvalue weighted by Crippen LogP contribution is -2.34. The summed E-state index contributed by atoms with van der Waals surface area (Å²) in [4.78, 5) is 26.4. The minimum Gasteiger partial charge on any atom is -0.355 e. The van der Waals surface area contributed by atoms with E-state index in [1.165, 1.54) is 12.1 Å². The van der Waals surface area contributed by atoms with Crippen LogP contribution in [0, 0.1) is 5.41 Å². The Morgan fingerprint density at radius 3 is 2.26 bits per heavy atom. The van der Waals surface area contributed by atoms with Crippen molar-refractivity contribution in [2.75, 3.05) is 26.0 Å². The topological polar surface area (TPSA) is 61.4 Å². The third-order valence-electron chi connectivity index (χ3n) is 5.28. The number of carbonyl (C=O) groups excluding carboxylic acids is 2. The van der Waals surface area contributed by atoms with Crippen molar-refractivity contribution >= 4 is 23.1 Å².